The topological polar surface area (TPSA) is 85.5 Å². The number of furan rings is 1. The Morgan fingerprint density at radius 1 is 0.970 bits per heavy atom. The van der Waals surface area contributed by atoms with Crippen LogP contribution in [0.4, 0.5) is 5.69 Å². The Bertz CT molecular complexity index is 1250. The van der Waals surface area contributed by atoms with Crippen molar-refractivity contribution in [3.63, 3.8) is 0 Å². The Balaban J connectivity index is 1.40. The third kappa shape index (κ3) is 4.82. The molecule has 2 aromatic heterocycles. The van der Waals surface area contributed by atoms with Gasteiger partial charge in [-0.15, -0.1) is 0 Å². The number of hydrogen-bond acceptors (Lipinski definition) is 4. The average molecular weight is 444 g/mol. The van der Waals surface area contributed by atoms with Crippen LogP contribution in [0.25, 0.3) is 5.69 Å². The molecule has 2 N–H and O–H groups in total. The fourth-order valence-electron chi connectivity index (χ4n) is 3.71. The van der Waals surface area contributed by atoms with Crippen LogP contribution in [0.3, 0.4) is 0 Å². The van der Waals surface area contributed by atoms with Crippen molar-refractivity contribution in [2.45, 2.75) is 20.4 Å². The van der Waals surface area contributed by atoms with Crippen molar-refractivity contribution in [3.05, 3.63) is 101 Å². The first kappa shape index (κ1) is 22.0. The second-order valence-corrected chi connectivity index (χ2v) is 7.63. The lowest BCUT2D eigenvalue weighted by atomic mass is 10.2. The summed E-state index contributed by atoms with van der Waals surface area (Å²) < 4.78 is 12.4. The van der Waals surface area contributed by atoms with E-state index in [2.05, 4.69) is 10.6 Å². The van der Waals surface area contributed by atoms with Crippen LogP contribution in [0.5, 0.6) is 5.75 Å². The van der Waals surface area contributed by atoms with E-state index in [4.69, 9.17) is 9.15 Å². The maximum atomic E-state index is 12.9. The summed E-state index contributed by atoms with van der Waals surface area (Å²) in [5, 5.41) is 5.75. The highest BCUT2D eigenvalue weighted by Gasteiger charge is 2.17. The molecule has 0 spiro atoms. The highest BCUT2D eigenvalue weighted by Crippen LogP contribution is 2.23. The van der Waals surface area contributed by atoms with Gasteiger partial charge in [-0.3, -0.25) is 9.59 Å². The van der Waals surface area contributed by atoms with E-state index in [9.17, 15) is 9.59 Å². The zero-order valence-electron chi connectivity index (χ0n) is 18.7. The largest absolute Gasteiger partial charge is 0.497 e. The number of anilines is 1. The third-order valence-corrected chi connectivity index (χ3v) is 5.42. The predicted molar refractivity (Wildman–Crippen MR) is 126 cm³/mol. The number of benzene rings is 2. The fourth-order valence-corrected chi connectivity index (χ4v) is 3.71. The smallest absolute Gasteiger partial charge is 0.291 e. The van der Waals surface area contributed by atoms with Gasteiger partial charge in [0.2, 0.25) is 0 Å². The van der Waals surface area contributed by atoms with Gasteiger partial charge in [-0.25, -0.2) is 0 Å². The predicted octanol–water partition coefficient (Wildman–Crippen LogP) is 4.88. The van der Waals surface area contributed by atoms with Crippen LogP contribution >= 0.6 is 0 Å². The Morgan fingerprint density at radius 2 is 1.70 bits per heavy atom. The number of methoxy groups -OCH3 is 1. The van der Waals surface area contributed by atoms with Crippen LogP contribution in [0.1, 0.15) is 37.9 Å². The monoisotopic (exact) mass is 443 g/mol. The molecule has 4 aromatic rings. The summed E-state index contributed by atoms with van der Waals surface area (Å²) in [4.78, 5) is 24.9. The average Bonchev–Trinajstić information content (AvgIpc) is 3.47. The molecular formula is C26H25N3O4. The Morgan fingerprint density at radius 3 is 2.33 bits per heavy atom. The van der Waals surface area contributed by atoms with Crippen molar-refractivity contribution < 1.29 is 18.7 Å². The normalized spacial score (nSPS) is 10.6. The highest BCUT2D eigenvalue weighted by atomic mass is 16.5. The number of nitrogens with zero attached hydrogens (tertiary/aromatic N) is 1. The minimum atomic E-state index is -0.312. The van der Waals surface area contributed by atoms with E-state index in [-0.39, 0.29) is 17.6 Å². The first-order chi connectivity index (χ1) is 16.0. The molecule has 2 amide bonds. The number of nitrogens with one attached hydrogen (secondary N) is 2. The summed E-state index contributed by atoms with van der Waals surface area (Å²) in [6, 6.07) is 20.2. The summed E-state index contributed by atoms with van der Waals surface area (Å²) in [5.74, 6) is 0.579. The fraction of sp³-hybridized carbons (Fsp3) is 0.154. The van der Waals surface area contributed by atoms with Gasteiger partial charge >= 0.3 is 0 Å². The van der Waals surface area contributed by atoms with Gasteiger partial charge in [-0.1, -0.05) is 12.1 Å². The molecule has 0 bridgehead atoms. The molecule has 33 heavy (non-hydrogen) atoms. The lowest BCUT2D eigenvalue weighted by Gasteiger charge is -2.11. The minimum Gasteiger partial charge on any atom is -0.497 e. The van der Waals surface area contributed by atoms with E-state index in [1.807, 2.05) is 60.9 Å². The molecule has 2 heterocycles. The van der Waals surface area contributed by atoms with E-state index < -0.39 is 0 Å². The highest BCUT2D eigenvalue weighted by molar-refractivity contribution is 6.02. The van der Waals surface area contributed by atoms with Crippen molar-refractivity contribution >= 4 is 17.5 Å². The summed E-state index contributed by atoms with van der Waals surface area (Å²) in [6.07, 6.45) is 1.45. The standard InChI is InChI=1S/C26H25N3O4/c1-17-15-23(18(2)29(17)21-10-12-22(32-3)13-11-21)25(30)27-16-19-6-8-20(9-7-19)28-26(31)24-5-4-14-33-24/h4-15H,16H2,1-3H3,(H,27,30)(H,28,31). The molecule has 0 atom stereocenters. The molecule has 2 aromatic carbocycles. The molecule has 168 valence electrons. The number of rotatable bonds is 7. The molecule has 0 saturated carbocycles. The number of hydrogen-bond donors (Lipinski definition) is 2. The molecule has 0 saturated heterocycles. The van der Waals surface area contributed by atoms with Crippen molar-refractivity contribution in [1.29, 1.82) is 0 Å². The van der Waals surface area contributed by atoms with Crippen molar-refractivity contribution in [1.82, 2.24) is 9.88 Å². The summed E-state index contributed by atoms with van der Waals surface area (Å²) in [7, 11) is 1.63. The summed E-state index contributed by atoms with van der Waals surface area (Å²) in [5.41, 5.74) is 5.01. The number of aromatic nitrogens is 1. The maximum absolute atomic E-state index is 12.9. The van der Waals surface area contributed by atoms with E-state index in [1.165, 1.54) is 6.26 Å². The zero-order valence-corrected chi connectivity index (χ0v) is 18.7. The van der Waals surface area contributed by atoms with Crippen LogP contribution in [0.2, 0.25) is 0 Å². The molecule has 0 aliphatic carbocycles. The molecule has 0 radical (unpaired) electrons. The molecule has 4 rings (SSSR count). The molecule has 0 aliphatic rings. The van der Waals surface area contributed by atoms with Gasteiger partial charge in [0.25, 0.3) is 11.8 Å². The van der Waals surface area contributed by atoms with Gasteiger partial charge in [-0.2, -0.15) is 0 Å². The lowest BCUT2D eigenvalue weighted by Crippen LogP contribution is -2.23. The number of carbonyl (C=O) groups excluding carboxylic acids is 2. The van der Waals surface area contributed by atoms with E-state index in [0.717, 1.165) is 28.4 Å². The van der Waals surface area contributed by atoms with Gasteiger partial charge in [0.05, 0.1) is 18.9 Å². The molecule has 7 nitrogen and oxygen atoms in total. The maximum Gasteiger partial charge on any atom is 0.291 e. The van der Waals surface area contributed by atoms with Gasteiger partial charge in [0, 0.05) is 29.3 Å². The van der Waals surface area contributed by atoms with Crippen molar-refractivity contribution in [3.8, 4) is 11.4 Å². The van der Waals surface area contributed by atoms with E-state index >= 15 is 0 Å². The van der Waals surface area contributed by atoms with Crippen LogP contribution in [-0.4, -0.2) is 23.5 Å². The molecule has 0 fully saturated rings. The molecule has 0 unspecified atom stereocenters. The van der Waals surface area contributed by atoms with Gasteiger partial charge in [-0.05, 0) is 74.0 Å². The number of amides is 2. The van der Waals surface area contributed by atoms with E-state index in [0.29, 0.717) is 17.8 Å². The Hall–Kier alpha value is -4.26. The second-order valence-electron chi connectivity index (χ2n) is 7.63. The van der Waals surface area contributed by atoms with Crippen molar-refractivity contribution in [2.75, 3.05) is 12.4 Å². The first-order valence-corrected chi connectivity index (χ1v) is 10.5. The Labute approximate surface area is 192 Å². The zero-order chi connectivity index (χ0) is 23.4. The molecule has 7 heteroatoms. The van der Waals surface area contributed by atoms with E-state index in [1.54, 1.807) is 31.4 Å². The summed E-state index contributed by atoms with van der Waals surface area (Å²) in [6.45, 7) is 4.28. The molecule has 0 aliphatic heterocycles. The van der Waals surface area contributed by atoms with Crippen LogP contribution in [0, 0.1) is 13.8 Å². The SMILES string of the molecule is COc1ccc(-n2c(C)cc(C(=O)NCc3ccc(NC(=O)c4ccco4)cc3)c2C)cc1. The van der Waals surface area contributed by atoms with Crippen LogP contribution in [0.15, 0.2) is 77.4 Å². The second kappa shape index (κ2) is 9.48. The molecular weight excluding hydrogens is 418 g/mol. The van der Waals surface area contributed by atoms with Gasteiger partial charge in [0.15, 0.2) is 5.76 Å². The third-order valence-electron chi connectivity index (χ3n) is 5.42. The Kier molecular flexibility index (Phi) is 6.31. The van der Waals surface area contributed by atoms with Crippen LogP contribution in [-0.2, 0) is 6.54 Å². The van der Waals surface area contributed by atoms with Gasteiger partial charge < -0.3 is 24.4 Å². The summed E-state index contributed by atoms with van der Waals surface area (Å²) >= 11 is 0. The minimum absolute atomic E-state index is 0.141. The number of ether oxygens (including phenoxy) is 1. The van der Waals surface area contributed by atoms with Crippen molar-refractivity contribution in [2.24, 2.45) is 0 Å². The first-order valence-electron chi connectivity index (χ1n) is 10.5. The quantitative estimate of drug-likeness (QED) is 0.426. The lowest BCUT2D eigenvalue weighted by molar-refractivity contribution is 0.0949. The number of carbonyl (C=O) groups is 2. The van der Waals surface area contributed by atoms with Gasteiger partial charge in [0.1, 0.15) is 5.75 Å². The number of aryl methyl sites for hydroxylation is 1. The van der Waals surface area contributed by atoms with Crippen LogP contribution < -0.4 is 15.4 Å².